The molecule has 0 unspecified atom stereocenters. The summed E-state index contributed by atoms with van der Waals surface area (Å²) in [4.78, 5) is 0. The van der Waals surface area contributed by atoms with Gasteiger partial charge in [0.05, 0.1) is 0 Å². The molecule has 1 aromatic carbocycles. The van der Waals surface area contributed by atoms with E-state index in [1.54, 1.807) is 6.07 Å². The molecule has 4 heteroatoms. The highest BCUT2D eigenvalue weighted by atomic mass is 16.3. The highest BCUT2D eigenvalue weighted by molar-refractivity contribution is 5.53. The minimum Gasteiger partial charge on any atom is -0.504 e. The fourth-order valence-electron chi connectivity index (χ4n) is 1.20. The summed E-state index contributed by atoms with van der Waals surface area (Å²) in [5, 5.41) is 27.7. The average Bonchev–Trinajstić information content (AvgIpc) is 2.13. The first kappa shape index (κ1) is 10.7. The van der Waals surface area contributed by atoms with Crippen LogP contribution >= 0.6 is 0 Å². The van der Waals surface area contributed by atoms with Crippen LogP contribution in [0.3, 0.4) is 0 Å². The summed E-state index contributed by atoms with van der Waals surface area (Å²) in [5.74, 6) is -1.04. The van der Waals surface area contributed by atoms with E-state index in [9.17, 15) is 10.2 Å². The van der Waals surface area contributed by atoms with Gasteiger partial charge in [-0.25, -0.2) is 0 Å². The lowest BCUT2D eigenvalue weighted by Gasteiger charge is -2.08. The summed E-state index contributed by atoms with van der Waals surface area (Å²) in [6.45, 7) is 1.87. The number of hydrogen-bond acceptors (Lipinski definition) is 4. The van der Waals surface area contributed by atoms with E-state index in [4.69, 9.17) is 10.8 Å². The van der Waals surface area contributed by atoms with E-state index in [1.165, 1.54) is 6.07 Å². The summed E-state index contributed by atoms with van der Waals surface area (Å²) in [7, 11) is 0. The summed E-state index contributed by atoms with van der Waals surface area (Å²) < 4.78 is 0. The Bertz CT molecular complexity index is 323. The fourth-order valence-corrected chi connectivity index (χ4v) is 1.20. The van der Waals surface area contributed by atoms with Crippen molar-refractivity contribution in [2.45, 2.75) is 25.8 Å². The number of aryl methyl sites for hydroxylation is 1. The molecule has 1 atom stereocenters. The molecule has 0 aliphatic carbocycles. The Morgan fingerprint density at radius 2 is 1.86 bits per heavy atom. The average molecular weight is 197 g/mol. The first-order valence-corrected chi connectivity index (χ1v) is 4.50. The van der Waals surface area contributed by atoms with Crippen LogP contribution in [0.1, 0.15) is 18.9 Å². The molecule has 0 heterocycles. The topological polar surface area (TPSA) is 86.7 Å². The molecule has 0 spiro atoms. The molecule has 1 rings (SSSR count). The summed E-state index contributed by atoms with van der Waals surface area (Å²) in [5.41, 5.74) is 6.16. The van der Waals surface area contributed by atoms with Crippen LogP contribution in [0.4, 0.5) is 0 Å². The molecule has 0 radical (unpaired) electrons. The monoisotopic (exact) mass is 197 g/mol. The van der Waals surface area contributed by atoms with Crippen molar-refractivity contribution < 1.29 is 15.3 Å². The molecular formula is C10H15NO3. The van der Waals surface area contributed by atoms with Crippen LogP contribution in [0, 0.1) is 0 Å². The van der Waals surface area contributed by atoms with E-state index < -0.39 is 5.75 Å². The van der Waals surface area contributed by atoms with Gasteiger partial charge in [-0.2, -0.15) is 0 Å². The molecular weight excluding hydrogens is 182 g/mol. The maximum absolute atomic E-state index is 9.44. The predicted octanol–water partition coefficient (Wildman–Crippen LogP) is 1.08. The number of phenols is 3. The lowest BCUT2D eigenvalue weighted by Crippen LogP contribution is -2.15. The van der Waals surface area contributed by atoms with Gasteiger partial charge in [-0.1, -0.05) is 6.07 Å². The Labute approximate surface area is 82.6 Å². The Balaban J connectivity index is 2.83. The van der Waals surface area contributed by atoms with Gasteiger partial charge >= 0.3 is 0 Å². The van der Waals surface area contributed by atoms with Crippen LogP contribution in [0.2, 0.25) is 0 Å². The number of rotatable bonds is 3. The third-order valence-electron chi connectivity index (χ3n) is 2.08. The van der Waals surface area contributed by atoms with Crippen LogP contribution in [-0.4, -0.2) is 21.4 Å². The van der Waals surface area contributed by atoms with Gasteiger partial charge in [-0.3, -0.25) is 0 Å². The number of aromatic hydroxyl groups is 3. The van der Waals surface area contributed by atoms with Gasteiger partial charge in [-0.05, 0) is 31.4 Å². The summed E-state index contributed by atoms with van der Waals surface area (Å²) >= 11 is 0. The highest BCUT2D eigenvalue weighted by Crippen LogP contribution is 2.37. The van der Waals surface area contributed by atoms with Crippen molar-refractivity contribution >= 4 is 0 Å². The van der Waals surface area contributed by atoms with Crippen LogP contribution in [0.15, 0.2) is 12.1 Å². The minimum absolute atomic E-state index is 0.0466. The SMILES string of the molecule is C[C@@H](N)CCc1ccc(O)c(O)c1O. The van der Waals surface area contributed by atoms with E-state index >= 15 is 0 Å². The quantitative estimate of drug-likeness (QED) is 0.546. The van der Waals surface area contributed by atoms with E-state index in [-0.39, 0.29) is 17.5 Å². The first-order chi connectivity index (χ1) is 6.52. The molecule has 0 aliphatic rings. The van der Waals surface area contributed by atoms with Crippen molar-refractivity contribution in [3.05, 3.63) is 17.7 Å². The molecule has 5 N–H and O–H groups in total. The van der Waals surface area contributed by atoms with Crippen LogP contribution < -0.4 is 5.73 Å². The van der Waals surface area contributed by atoms with E-state index in [2.05, 4.69) is 0 Å². The zero-order chi connectivity index (χ0) is 10.7. The van der Waals surface area contributed by atoms with Crippen molar-refractivity contribution in [3.8, 4) is 17.2 Å². The van der Waals surface area contributed by atoms with Crippen molar-refractivity contribution in [2.75, 3.05) is 0 Å². The highest BCUT2D eigenvalue weighted by Gasteiger charge is 2.10. The van der Waals surface area contributed by atoms with Gasteiger partial charge in [0.15, 0.2) is 11.5 Å². The molecule has 14 heavy (non-hydrogen) atoms. The van der Waals surface area contributed by atoms with Crippen molar-refractivity contribution in [1.29, 1.82) is 0 Å². The normalized spacial score (nSPS) is 12.7. The smallest absolute Gasteiger partial charge is 0.200 e. The molecule has 1 aromatic rings. The minimum atomic E-state index is -0.466. The summed E-state index contributed by atoms with van der Waals surface area (Å²) in [6, 6.07) is 2.98. The molecule has 0 fully saturated rings. The number of nitrogens with two attached hydrogens (primary N) is 1. The van der Waals surface area contributed by atoms with Gasteiger partial charge < -0.3 is 21.1 Å². The lowest BCUT2D eigenvalue weighted by molar-refractivity contribution is 0.364. The molecule has 0 saturated carbocycles. The second kappa shape index (κ2) is 4.19. The fraction of sp³-hybridized carbons (Fsp3) is 0.400. The maximum Gasteiger partial charge on any atom is 0.200 e. The number of phenolic OH excluding ortho intramolecular Hbond substituents is 3. The van der Waals surface area contributed by atoms with E-state index in [0.29, 0.717) is 12.0 Å². The lowest BCUT2D eigenvalue weighted by atomic mass is 10.0. The summed E-state index contributed by atoms with van der Waals surface area (Å²) in [6.07, 6.45) is 1.30. The molecule has 0 aliphatic heterocycles. The van der Waals surface area contributed by atoms with Crippen molar-refractivity contribution in [3.63, 3.8) is 0 Å². The molecule has 4 nitrogen and oxygen atoms in total. The number of benzene rings is 1. The Morgan fingerprint density at radius 1 is 1.21 bits per heavy atom. The van der Waals surface area contributed by atoms with Crippen molar-refractivity contribution in [2.24, 2.45) is 5.73 Å². The van der Waals surface area contributed by atoms with Gasteiger partial charge in [0.25, 0.3) is 0 Å². The number of hydrogen-bond donors (Lipinski definition) is 4. The third-order valence-corrected chi connectivity index (χ3v) is 2.08. The van der Waals surface area contributed by atoms with Gasteiger partial charge in [0, 0.05) is 6.04 Å². The predicted molar refractivity (Wildman–Crippen MR) is 53.4 cm³/mol. The van der Waals surface area contributed by atoms with Gasteiger partial charge in [0.2, 0.25) is 5.75 Å². The molecule has 0 saturated heterocycles. The van der Waals surface area contributed by atoms with Crippen molar-refractivity contribution in [1.82, 2.24) is 0 Å². The maximum atomic E-state index is 9.44. The molecule has 0 aromatic heterocycles. The second-order valence-electron chi connectivity index (χ2n) is 3.46. The van der Waals surface area contributed by atoms with Crippen LogP contribution in [0.5, 0.6) is 17.2 Å². The second-order valence-corrected chi connectivity index (χ2v) is 3.46. The first-order valence-electron chi connectivity index (χ1n) is 4.50. The zero-order valence-corrected chi connectivity index (χ0v) is 8.07. The van der Waals surface area contributed by atoms with E-state index in [1.807, 2.05) is 6.92 Å². The standard InChI is InChI=1S/C10H15NO3/c1-6(11)2-3-7-4-5-8(12)10(14)9(7)13/h4-6,12-14H,2-3,11H2,1H3/t6-/m1/s1. The van der Waals surface area contributed by atoms with E-state index in [0.717, 1.165) is 6.42 Å². The van der Waals surface area contributed by atoms with Gasteiger partial charge in [0.1, 0.15) is 0 Å². The molecule has 0 amide bonds. The Kier molecular flexibility index (Phi) is 3.19. The van der Waals surface area contributed by atoms with Gasteiger partial charge in [-0.15, -0.1) is 0 Å². The zero-order valence-electron chi connectivity index (χ0n) is 8.07. The van der Waals surface area contributed by atoms with Crippen LogP contribution in [-0.2, 0) is 6.42 Å². The third kappa shape index (κ3) is 2.29. The largest absolute Gasteiger partial charge is 0.504 e. The molecule has 78 valence electrons. The van der Waals surface area contributed by atoms with Crippen LogP contribution in [0.25, 0.3) is 0 Å². The molecule has 0 bridgehead atoms. The Morgan fingerprint density at radius 3 is 2.43 bits per heavy atom. The Hall–Kier alpha value is -1.42.